The van der Waals surface area contributed by atoms with Crippen LogP contribution in [0.2, 0.25) is 4.34 Å². The van der Waals surface area contributed by atoms with Crippen LogP contribution in [0.3, 0.4) is 0 Å². The number of rotatable bonds is 6. The molecule has 0 aliphatic carbocycles. The van der Waals surface area contributed by atoms with E-state index in [1.165, 1.54) is 29.1 Å². The van der Waals surface area contributed by atoms with Gasteiger partial charge in [-0.2, -0.15) is 5.10 Å². The summed E-state index contributed by atoms with van der Waals surface area (Å²) in [7, 11) is -3.53. The molecule has 0 fully saturated rings. The predicted octanol–water partition coefficient (Wildman–Crippen LogP) is 1.33. The first kappa shape index (κ1) is 15.2. The second-order valence-electron chi connectivity index (χ2n) is 3.89. The third-order valence-corrected chi connectivity index (χ3v) is 5.62. The first-order chi connectivity index (χ1) is 9.49. The number of halogens is 1. The highest BCUT2D eigenvalue weighted by Gasteiger charge is 2.15. The lowest BCUT2D eigenvalue weighted by atomic mass is 10.4. The van der Waals surface area contributed by atoms with E-state index in [2.05, 4.69) is 9.82 Å². The largest absolute Gasteiger partial charge is 0.268 e. The second kappa shape index (κ2) is 6.49. The van der Waals surface area contributed by atoms with Gasteiger partial charge in [0.25, 0.3) is 5.56 Å². The van der Waals surface area contributed by atoms with E-state index in [1.807, 2.05) is 0 Å². The number of sulfonamides is 1. The van der Waals surface area contributed by atoms with E-state index in [0.717, 1.165) is 11.3 Å². The minimum atomic E-state index is -3.53. The van der Waals surface area contributed by atoms with Crippen LogP contribution >= 0.6 is 22.9 Å². The van der Waals surface area contributed by atoms with Crippen LogP contribution in [0.5, 0.6) is 0 Å². The van der Waals surface area contributed by atoms with Gasteiger partial charge in [-0.3, -0.25) is 4.79 Å². The number of nitrogens with zero attached hydrogens (tertiary/aromatic N) is 2. The van der Waals surface area contributed by atoms with E-state index in [1.54, 1.807) is 6.07 Å². The average Bonchev–Trinajstić information content (AvgIpc) is 2.84. The Kier molecular flexibility index (Phi) is 4.92. The molecule has 0 saturated carbocycles. The van der Waals surface area contributed by atoms with Crippen LogP contribution < -0.4 is 10.3 Å². The van der Waals surface area contributed by atoms with Crippen LogP contribution in [-0.2, 0) is 16.6 Å². The highest BCUT2D eigenvalue weighted by molar-refractivity contribution is 7.91. The topological polar surface area (TPSA) is 81.1 Å². The highest BCUT2D eigenvalue weighted by atomic mass is 35.5. The van der Waals surface area contributed by atoms with Crippen molar-refractivity contribution in [1.82, 2.24) is 14.5 Å². The van der Waals surface area contributed by atoms with Crippen molar-refractivity contribution in [2.45, 2.75) is 17.2 Å². The van der Waals surface area contributed by atoms with E-state index >= 15 is 0 Å². The van der Waals surface area contributed by atoms with Crippen molar-refractivity contribution in [2.75, 3.05) is 6.54 Å². The summed E-state index contributed by atoms with van der Waals surface area (Å²) in [6.45, 7) is 0.578. The lowest BCUT2D eigenvalue weighted by molar-refractivity contribution is 0.535. The smallest absolute Gasteiger partial charge is 0.266 e. The van der Waals surface area contributed by atoms with Gasteiger partial charge < -0.3 is 0 Å². The van der Waals surface area contributed by atoms with Crippen LogP contribution in [0.25, 0.3) is 0 Å². The Morgan fingerprint density at radius 1 is 1.35 bits per heavy atom. The zero-order chi connectivity index (χ0) is 14.6. The molecule has 0 radical (unpaired) electrons. The van der Waals surface area contributed by atoms with Crippen molar-refractivity contribution in [2.24, 2.45) is 0 Å². The molecule has 0 saturated heterocycles. The Labute approximate surface area is 125 Å². The number of aromatic nitrogens is 2. The molecular formula is C11H12ClN3O3S2. The fourth-order valence-corrected chi connectivity index (χ4v) is 4.11. The fraction of sp³-hybridized carbons (Fsp3) is 0.273. The molecule has 0 amide bonds. The SMILES string of the molecule is O=c1cccnn1CCCNS(=O)(=O)c1ccc(Cl)s1. The summed E-state index contributed by atoms with van der Waals surface area (Å²) in [4.78, 5) is 11.4. The van der Waals surface area contributed by atoms with Gasteiger partial charge in [0, 0.05) is 25.4 Å². The number of thiophene rings is 1. The monoisotopic (exact) mass is 333 g/mol. The Hall–Kier alpha value is -1.22. The van der Waals surface area contributed by atoms with Gasteiger partial charge in [-0.05, 0) is 24.6 Å². The Bertz CT molecular complexity index is 739. The summed E-state index contributed by atoms with van der Waals surface area (Å²) >= 11 is 6.70. The number of hydrogen-bond donors (Lipinski definition) is 1. The average molecular weight is 334 g/mol. The second-order valence-corrected chi connectivity index (χ2v) is 7.60. The molecule has 0 spiro atoms. The normalized spacial score (nSPS) is 11.7. The molecule has 2 heterocycles. The quantitative estimate of drug-likeness (QED) is 0.809. The Morgan fingerprint density at radius 2 is 2.15 bits per heavy atom. The first-order valence-electron chi connectivity index (χ1n) is 5.76. The van der Waals surface area contributed by atoms with Crippen molar-refractivity contribution < 1.29 is 8.42 Å². The lowest BCUT2D eigenvalue weighted by Crippen LogP contribution is -2.27. The summed E-state index contributed by atoms with van der Waals surface area (Å²) < 4.78 is 28.1. The molecule has 0 bridgehead atoms. The zero-order valence-electron chi connectivity index (χ0n) is 10.3. The van der Waals surface area contributed by atoms with Crippen molar-refractivity contribution in [3.05, 3.63) is 45.2 Å². The summed E-state index contributed by atoms with van der Waals surface area (Å²) in [5.41, 5.74) is -0.208. The van der Waals surface area contributed by atoms with E-state index in [-0.39, 0.29) is 16.3 Å². The summed E-state index contributed by atoms with van der Waals surface area (Å²) in [6.07, 6.45) is 1.98. The minimum Gasteiger partial charge on any atom is -0.268 e. The van der Waals surface area contributed by atoms with Crippen molar-refractivity contribution in [1.29, 1.82) is 0 Å². The third-order valence-electron chi connectivity index (χ3n) is 2.44. The standard InChI is InChI=1S/C11H12ClN3O3S2/c12-9-4-5-11(19-9)20(17,18)14-7-2-8-15-10(16)3-1-6-13-15/h1,3-6,14H,2,7-8H2. The van der Waals surface area contributed by atoms with Gasteiger partial charge in [0.15, 0.2) is 0 Å². The number of aryl methyl sites for hydroxylation is 1. The predicted molar refractivity (Wildman–Crippen MR) is 77.6 cm³/mol. The van der Waals surface area contributed by atoms with Crippen molar-refractivity contribution >= 4 is 33.0 Å². The molecule has 2 aromatic rings. The van der Waals surface area contributed by atoms with Gasteiger partial charge in [0.05, 0.1) is 4.34 Å². The van der Waals surface area contributed by atoms with Crippen LogP contribution in [0, 0.1) is 0 Å². The van der Waals surface area contributed by atoms with Gasteiger partial charge in [-0.15, -0.1) is 11.3 Å². The molecule has 1 N–H and O–H groups in total. The van der Waals surface area contributed by atoms with Gasteiger partial charge in [-0.25, -0.2) is 17.8 Å². The Balaban J connectivity index is 1.87. The molecule has 0 aliphatic heterocycles. The van der Waals surface area contributed by atoms with Crippen molar-refractivity contribution in [3.8, 4) is 0 Å². The van der Waals surface area contributed by atoms with E-state index in [9.17, 15) is 13.2 Å². The highest BCUT2D eigenvalue weighted by Crippen LogP contribution is 2.25. The Morgan fingerprint density at radius 3 is 2.80 bits per heavy atom. The molecule has 0 atom stereocenters. The number of hydrogen-bond acceptors (Lipinski definition) is 5. The van der Waals surface area contributed by atoms with Gasteiger partial charge in [-0.1, -0.05) is 11.6 Å². The molecule has 9 heteroatoms. The molecule has 108 valence electrons. The zero-order valence-corrected chi connectivity index (χ0v) is 12.7. The summed E-state index contributed by atoms with van der Waals surface area (Å²) in [6, 6.07) is 5.96. The molecule has 2 rings (SSSR count). The maximum absolute atomic E-state index is 11.9. The van der Waals surface area contributed by atoms with Crippen LogP contribution in [0.4, 0.5) is 0 Å². The van der Waals surface area contributed by atoms with Crippen LogP contribution in [-0.4, -0.2) is 24.7 Å². The maximum Gasteiger partial charge on any atom is 0.266 e. The molecule has 0 unspecified atom stereocenters. The van der Waals surface area contributed by atoms with E-state index in [0.29, 0.717) is 17.3 Å². The summed E-state index contributed by atoms with van der Waals surface area (Å²) in [5, 5.41) is 3.89. The van der Waals surface area contributed by atoms with E-state index < -0.39 is 10.0 Å². The van der Waals surface area contributed by atoms with Crippen LogP contribution in [0.1, 0.15) is 6.42 Å². The van der Waals surface area contributed by atoms with Crippen LogP contribution in [0.15, 0.2) is 39.5 Å². The molecule has 20 heavy (non-hydrogen) atoms. The molecule has 6 nitrogen and oxygen atoms in total. The van der Waals surface area contributed by atoms with Gasteiger partial charge in [0.1, 0.15) is 4.21 Å². The van der Waals surface area contributed by atoms with Gasteiger partial charge in [0.2, 0.25) is 10.0 Å². The molecule has 2 aromatic heterocycles. The van der Waals surface area contributed by atoms with Gasteiger partial charge >= 0.3 is 0 Å². The van der Waals surface area contributed by atoms with Crippen molar-refractivity contribution in [3.63, 3.8) is 0 Å². The molecular weight excluding hydrogens is 322 g/mol. The lowest BCUT2D eigenvalue weighted by Gasteiger charge is -2.05. The van der Waals surface area contributed by atoms with E-state index in [4.69, 9.17) is 11.6 Å². The third kappa shape index (κ3) is 3.89. The molecule has 0 aromatic carbocycles. The molecule has 0 aliphatic rings. The fourth-order valence-electron chi connectivity index (χ4n) is 1.50. The maximum atomic E-state index is 11.9. The minimum absolute atomic E-state index is 0.178. The first-order valence-corrected chi connectivity index (χ1v) is 8.44. The number of nitrogens with one attached hydrogen (secondary N) is 1. The summed E-state index contributed by atoms with van der Waals surface area (Å²) in [5.74, 6) is 0.